The third-order valence-corrected chi connectivity index (χ3v) is 6.01. The van der Waals surface area contributed by atoms with E-state index in [1.54, 1.807) is 61.5 Å². The lowest BCUT2D eigenvalue weighted by atomic mass is 10.1. The fourth-order valence-electron chi connectivity index (χ4n) is 3.89. The number of anilines is 2. The van der Waals surface area contributed by atoms with Crippen LogP contribution in [0.2, 0.25) is 5.02 Å². The number of carbonyl (C=O) groups is 4. The highest BCUT2D eigenvalue weighted by Gasteiger charge is 2.37. The van der Waals surface area contributed by atoms with Gasteiger partial charge in [0, 0.05) is 22.3 Å². The van der Waals surface area contributed by atoms with E-state index in [1.807, 2.05) is 6.92 Å². The van der Waals surface area contributed by atoms with Gasteiger partial charge in [0.1, 0.15) is 11.3 Å². The smallest absolute Gasteiger partial charge is 0.335 e. The number of halogens is 1. The molecular weight excluding hydrogens is 550 g/mol. The maximum atomic E-state index is 13.5. The van der Waals surface area contributed by atoms with E-state index in [1.165, 1.54) is 18.2 Å². The molecule has 0 radical (unpaired) electrons. The van der Waals surface area contributed by atoms with E-state index in [9.17, 15) is 19.2 Å². The summed E-state index contributed by atoms with van der Waals surface area (Å²) in [5, 5.41) is 5.43. The van der Waals surface area contributed by atoms with E-state index in [-0.39, 0.29) is 23.6 Å². The predicted molar refractivity (Wildman–Crippen MR) is 154 cm³/mol. The van der Waals surface area contributed by atoms with Gasteiger partial charge >= 0.3 is 6.03 Å². The second-order valence-electron chi connectivity index (χ2n) is 8.75. The summed E-state index contributed by atoms with van der Waals surface area (Å²) in [7, 11) is 0. The van der Waals surface area contributed by atoms with E-state index in [0.717, 1.165) is 11.3 Å². The van der Waals surface area contributed by atoms with Gasteiger partial charge < -0.3 is 19.5 Å². The lowest BCUT2D eigenvalue weighted by Crippen LogP contribution is -2.54. The minimum Gasteiger partial charge on any atom is -0.490 e. The van der Waals surface area contributed by atoms with Crippen LogP contribution in [0, 0.1) is 0 Å². The number of para-hydroxylation sites is 1. The molecule has 0 aromatic heterocycles. The highest BCUT2D eigenvalue weighted by atomic mass is 35.5. The van der Waals surface area contributed by atoms with Crippen molar-refractivity contribution in [2.75, 3.05) is 30.0 Å². The van der Waals surface area contributed by atoms with Crippen LogP contribution < -0.4 is 29.7 Å². The average molecular weight is 578 g/mol. The van der Waals surface area contributed by atoms with Crippen molar-refractivity contribution in [2.24, 2.45) is 0 Å². The molecule has 0 bridgehead atoms. The first-order chi connectivity index (χ1) is 19.8. The summed E-state index contributed by atoms with van der Waals surface area (Å²) < 4.78 is 17.0. The van der Waals surface area contributed by atoms with Crippen LogP contribution in [0.15, 0.2) is 72.3 Å². The molecule has 0 unspecified atom stereocenters. The van der Waals surface area contributed by atoms with Crippen molar-refractivity contribution in [3.05, 3.63) is 82.9 Å². The summed E-state index contributed by atoms with van der Waals surface area (Å²) in [5.74, 6) is -1.03. The van der Waals surface area contributed by atoms with Crippen molar-refractivity contribution in [1.29, 1.82) is 0 Å². The van der Waals surface area contributed by atoms with Crippen LogP contribution in [-0.4, -0.2) is 43.6 Å². The fraction of sp³-hybridized carbons (Fsp3) is 0.200. The molecule has 11 heteroatoms. The van der Waals surface area contributed by atoms with Crippen LogP contribution in [0.25, 0.3) is 6.08 Å². The maximum absolute atomic E-state index is 13.5. The molecule has 3 aromatic carbocycles. The number of hydrogen-bond donors (Lipinski definition) is 2. The quantitative estimate of drug-likeness (QED) is 0.237. The third-order valence-electron chi connectivity index (χ3n) is 5.75. The third kappa shape index (κ3) is 7.23. The Bertz CT molecular complexity index is 1490. The van der Waals surface area contributed by atoms with Crippen molar-refractivity contribution < 1.29 is 33.4 Å². The second-order valence-corrected chi connectivity index (χ2v) is 9.19. The van der Waals surface area contributed by atoms with Crippen LogP contribution in [-0.2, 0) is 14.4 Å². The van der Waals surface area contributed by atoms with E-state index in [2.05, 4.69) is 10.6 Å². The Balaban J connectivity index is 1.56. The van der Waals surface area contributed by atoms with Crippen molar-refractivity contribution in [3.8, 4) is 17.2 Å². The molecule has 0 atom stereocenters. The minimum atomic E-state index is -0.898. The predicted octanol–water partition coefficient (Wildman–Crippen LogP) is 5.21. The molecule has 10 nitrogen and oxygen atoms in total. The Morgan fingerprint density at radius 2 is 1.68 bits per heavy atom. The summed E-state index contributed by atoms with van der Waals surface area (Å²) in [5.41, 5.74) is 0.806. The molecule has 212 valence electrons. The first-order valence-corrected chi connectivity index (χ1v) is 13.3. The van der Waals surface area contributed by atoms with Gasteiger partial charge in [-0.05, 0) is 61.9 Å². The van der Waals surface area contributed by atoms with Crippen LogP contribution >= 0.6 is 11.6 Å². The van der Waals surface area contributed by atoms with Crippen LogP contribution in [0.4, 0.5) is 16.2 Å². The molecule has 1 heterocycles. The summed E-state index contributed by atoms with van der Waals surface area (Å²) in [6.07, 6.45) is 2.10. The summed E-state index contributed by atoms with van der Waals surface area (Å²) in [6, 6.07) is 16.9. The standard InChI is InChI=1S/C30H28ClN3O7/c1-3-15-40-25-14-13-22(17-26(25)39-4-2)34-29(37)23(28(36)33-30(34)38)16-19-7-5-6-8-24(19)41-18-27(35)32-21-11-9-20(31)10-12-21/h5-14,16-17H,3-4,15,18H2,1-2H3,(H,32,35)(H,33,36,38)/b23-16+. The molecule has 3 aromatic rings. The highest BCUT2D eigenvalue weighted by molar-refractivity contribution is 6.39. The molecule has 2 N–H and O–H groups in total. The fourth-order valence-corrected chi connectivity index (χ4v) is 4.01. The number of benzene rings is 3. The Hall–Kier alpha value is -4.83. The first kappa shape index (κ1) is 29.2. The number of nitrogens with one attached hydrogen (secondary N) is 2. The van der Waals surface area contributed by atoms with E-state index < -0.39 is 23.8 Å². The summed E-state index contributed by atoms with van der Waals surface area (Å²) >= 11 is 5.87. The number of amides is 5. The molecule has 5 amide bonds. The molecule has 0 saturated carbocycles. The van der Waals surface area contributed by atoms with E-state index in [4.69, 9.17) is 25.8 Å². The lowest BCUT2D eigenvalue weighted by Gasteiger charge is -2.27. The van der Waals surface area contributed by atoms with Gasteiger partial charge in [0.25, 0.3) is 17.7 Å². The molecule has 1 aliphatic rings. The van der Waals surface area contributed by atoms with Crippen molar-refractivity contribution >= 4 is 52.8 Å². The Morgan fingerprint density at radius 1 is 0.927 bits per heavy atom. The van der Waals surface area contributed by atoms with Crippen molar-refractivity contribution in [1.82, 2.24) is 5.32 Å². The van der Waals surface area contributed by atoms with Crippen molar-refractivity contribution in [2.45, 2.75) is 20.3 Å². The number of ether oxygens (including phenoxy) is 3. The monoisotopic (exact) mass is 577 g/mol. The molecule has 0 aliphatic carbocycles. The molecule has 41 heavy (non-hydrogen) atoms. The van der Waals surface area contributed by atoms with Gasteiger partial charge in [-0.25, -0.2) is 9.69 Å². The second kappa shape index (κ2) is 13.5. The number of barbiturate groups is 1. The van der Waals surface area contributed by atoms with Gasteiger partial charge in [0.15, 0.2) is 18.1 Å². The summed E-state index contributed by atoms with van der Waals surface area (Å²) in [4.78, 5) is 52.2. The number of rotatable bonds is 11. The van der Waals surface area contributed by atoms with Crippen molar-refractivity contribution in [3.63, 3.8) is 0 Å². The number of imide groups is 2. The summed E-state index contributed by atoms with van der Waals surface area (Å²) in [6.45, 7) is 4.24. The molecule has 1 fully saturated rings. The van der Waals surface area contributed by atoms with Crippen LogP contribution in [0.5, 0.6) is 17.2 Å². The molecule has 1 aliphatic heterocycles. The Kier molecular flexibility index (Phi) is 9.60. The number of urea groups is 1. The van der Waals surface area contributed by atoms with E-state index in [0.29, 0.717) is 41.0 Å². The number of nitrogens with zero attached hydrogens (tertiary/aromatic N) is 1. The molecule has 0 spiro atoms. The van der Waals surface area contributed by atoms with Gasteiger partial charge in [-0.15, -0.1) is 0 Å². The van der Waals surface area contributed by atoms with Gasteiger partial charge in [0.2, 0.25) is 0 Å². The zero-order valence-corrected chi connectivity index (χ0v) is 23.2. The van der Waals surface area contributed by atoms with Gasteiger partial charge in [-0.2, -0.15) is 0 Å². The number of hydrogen-bond acceptors (Lipinski definition) is 7. The SMILES string of the molecule is CCCOc1ccc(N2C(=O)NC(=O)/C(=C\c3ccccc3OCC(=O)Nc3ccc(Cl)cc3)C2=O)cc1OCC. The maximum Gasteiger partial charge on any atom is 0.335 e. The van der Waals surface area contributed by atoms with Gasteiger partial charge in [0.05, 0.1) is 18.9 Å². The molecule has 4 rings (SSSR count). The van der Waals surface area contributed by atoms with E-state index >= 15 is 0 Å². The zero-order chi connectivity index (χ0) is 29.4. The van der Waals surface area contributed by atoms with Crippen LogP contribution in [0.3, 0.4) is 0 Å². The van der Waals surface area contributed by atoms with Crippen LogP contribution in [0.1, 0.15) is 25.8 Å². The van der Waals surface area contributed by atoms with Gasteiger partial charge in [-0.1, -0.05) is 36.7 Å². The molecular formula is C30H28ClN3O7. The Labute approximate surface area is 241 Å². The highest BCUT2D eigenvalue weighted by Crippen LogP contribution is 2.34. The topological polar surface area (TPSA) is 123 Å². The first-order valence-electron chi connectivity index (χ1n) is 12.9. The molecule has 1 saturated heterocycles. The Morgan fingerprint density at radius 3 is 2.41 bits per heavy atom. The minimum absolute atomic E-state index is 0.196. The average Bonchev–Trinajstić information content (AvgIpc) is 2.95. The number of carbonyl (C=O) groups excluding carboxylic acids is 4. The lowest BCUT2D eigenvalue weighted by molar-refractivity contribution is -0.122. The van der Waals surface area contributed by atoms with Gasteiger partial charge in [-0.3, -0.25) is 19.7 Å². The zero-order valence-electron chi connectivity index (χ0n) is 22.4. The largest absolute Gasteiger partial charge is 0.490 e. The normalized spacial score (nSPS) is 14.1.